The van der Waals surface area contributed by atoms with Crippen LogP contribution in [0.25, 0.3) is 0 Å². The number of ether oxygens (including phenoxy) is 1. The molecule has 0 spiro atoms. The minimum atomic E-state index is -1.02. The molecule has 0 bridgehead atoms. The van der Waals surface area contributed by atoms with Gasteiger partial charge in [-0.05, 0) is 25.3 Å². The molecular weight excluding hydrogens is 222 g/mol. The van der Waals surface area contributed by atoms with Gasteiger partial charge in [-0.15, -0.1) is 0 Å². The molecule has 0 aromatic carbocycles. The van der Waals surface area contributed by atoms with Gasteiger partial charge < -0.3 is 19.6 Å². The summed E-state index contributed by atoms with van der Waals surface area (Å²) in [6, 6.07) is 1.77. The van der Waals surface area contributed by atoms with Gasteiger partial charge in [0.25, 0.3) is 0 Å². The third-order valence-electron chi connectivity index (χ3n) is 2.92. The molecule has 1 saturated heterocycles. The molecular formula is C12H17NO4. The van der Waals surface area contributed by atoms with Crippen molar-refractivity contribution in [1.29, 1.82) is 0 Å². The molecule has 0 amide bonds. The fourth-order valence-electron chi connectivity index (χ4n) is 1.99. The highest BCUT2D eigenvalue weighted by atomic mass is 16.5. The van der Waals surface area contributed by atoms with Gasteiger partial charge in [0, 0.05) is 18.7 Å². The van der Waals surface area contributed by atoms with Crippen molar-refractivity contribution in [3.63, 3.8) is 0 Å². The van der Waals surface area contributed by atoms with E-state index in [1.807, 2.05) is 0 Å². The van der Waals surface area contributed by atoms with Crippen molar-refractivity contribution in [2.45, 2.75) is 19.9 Å². The van der Waals surface area contributed by atoms with E-state index in [9.17, 15) is 4.79 Å². The van der Waals surface area contributed by atoms with E-state index in [0.717, 1.165) is 26.2 Å². The second kappa shape index (κ2) is 5.33. The summed E-state index contributed by atoms with van der Waals surface area (Å²) >= 11 is 0. The first kappa shape index (κ1) is 12.1. The van der Waals surface area contributed by atoms with Crippen LogP contribution in [0.5, 0.6) is 0 Å². The number of carboxylic acids is 1. The highest BCUT2D eigenvalue weighted by molar-refractivity contribution is 5.86. The third-order valence-corrected chi connectivity index (χ3v) is 2.92. The smallest absolute Gasteiger partial charge is 0.372 e. The Morgan fingerprint density at radius 1 is 1.65 bits per heavy atom. The number of hydrogen-bond acceptors (Lipinski definition) is 4. The maximum absolute atomic E-state index is 10.8. The molecule has 1 aliphatic rings. The molecule has 2 heterocycles. The minimum Gasteiger partial charge on any atom is -0.475 e. The van der Waals surface area contributed by atoms with Crippen LogP contribution in [0.3, 0.4) is 0 Å². The second-order valence-corrected chi connectivity index (χ2v) is 4.39. The SMILES string of the molecule is Cc1cc(CNCC2CCOC2)oc1C(=O)O. The highest BCUT2D eigenvalue weighted by Crippen LogP contribution is 2.15. The Bertz CT molecular complexity index is 393. The lowest BCUT2D eigenvalue weighted by atomic mass is 10.1. The number of furan rings is 1. The molecule has 17 heavy (non-hydrogen) atoms. The fraction of sp³-hybridized carbons (Fsp3) is 0.583. The number of hydrogen-bond donors (Lipinski definition) is 2. The predicted octanol–water partition coefficient (Wildman–Crippen LogP) is 1.41. The summed E-state index contributed by atoms with van der Waals surface area (Å²) in [6.07, 6.45) is 1.09. The van der Waals surface area contributed by atoms with Gasteiger partial charge in [0.1, 0.15) is 5.76 Å². The summed E-state index contributed by atoms with van der Waals surface area (Å²) in [5.74, 6) is 0.243. The molecule has 2 N–H and O–H groups in total. The normalized spacial score (nSPS) is 19.7. The summed E-state index contributed by atoms with van der Waals surface area (Å²) < 4.78 is 10.5. The van der Waals surface area contributed by atoms with Gasteiger partial charge in [0.15, 0.2) is 0 Å². The maximum atomic E-state index is 10.8. The number of aryl methyl sites for hydroxylation is 1. The standard InChI is InChI=1S/C12H17NO4/c1-8-4-10(17-11(8)12(14)15)6-13-5-9-2-3-16-7-9/h4,9,13H,2-3,5-7H2,1H3,(H,14,15). The van der Waals surface area contributed by atoms with Gasteiger partial charge in [0.2, 0.25) is 5.76 Å². The first-order valence-electron chi connectivity index (χ1n) is 5.78. The van der Waals surface area contributed by atoms with Gasteiger partial charge in [-0.1, -0.05) is 0 Å². The molecule has 1 fully saturated rings. The number of carbonyl (C=O) groups is 1. The van der Waals surface area contributed by atoms with Gasteiger partial charge in [-0.25, -0.2) is 4.79 Å². The van der Waals surface area contributed by atoms with Gasteiger partial charge in [0.05, 0.1) is 13.2 Å². The third kappa shape index (κ3) is 3.08. The Morgan fingerprint density at radius 3 is 3.06 bits per heavy atom. The number of nitrogens with one attached hydrogen (secondary N) is 1. The Hall–Kier alpha value is -1.33. The maximum Gasteiger partial charge on any atom is 0.372 e. The minimum absolute atomic E-state index is 0.0333. The average molecular weight is 239 g/mol. The Morgan fingerprint density at radius 2 is 2.47 bits per heavy atom. The van der Waals surface area contributed by atoms with Crippen LogP contribution >= 0.6 is 0 Å². The summed E-state index contributed by atoms with van der Waals surface area (Å²) in [5, 5.41) is 12.1. The van der Waals surface area contributed by atoms with Crippen molar-refractivity contribution < 1.29 is 19.1 Å². The summed E-state index contributed by atoms with van der Waals surface area (Å²) in [4.78, 5) is 10.8. The van der Waals surface area contributed by atoms with Crippen molar-refractivity contribution in [3.8, 4) is 0 Å². The zero-order valence-corrected chi connectivity index (χ0v) is 9.86. The molecule has 0 saturated carbocycles. The Kier molecular flexibility index (Phi) is 3.81. The van der Waals surface area contributed by atoms with E-state index in [4.69, 9.17) is 14.3 Å². The van der Waals surface area contributed by atoms with E-state index >= 15 is 0 Å². The Labute approximate surface area is 99.8 Å². The van der Waals surface area contributed by atoms with Crippen LogP contribution in [0.1, 0.15) is 28.3 Å². The molecule has 5 heteroatoms. The van der Waals surface area contributed by atoms with E-state index in [-0.39, 0.29) is 5.76 Å². The van der Waals surface area contributed by atoms with Crippen LogP contribution in [0.4, 0.5) is 0 Å². The van der Waals surface area contributed by atoms with Crippen LogP contribution in [0, 0.1) is 12.8 Å². The van der Waals surface area contributed by atoms with Crippen molar-refractivity contribution in [2.24, 2.45) is 5.92 Å². The molecule has 2 rings (SSSR count). The van der Waals surface area contributed by atoms with Crippen molar-refractivity contribution >= 4 is 5.97 Å². The van der Waals surface area contributed by atoms with Crippen molar-refractivity contribution in [3.05, 3.63) is 23.2 Å². The molecule has 1 aromatic heterocycles. The largest absolute Gasteiger partial charge is 0.475 e. The topological polar surface area (TPSA) is 71.7 Å². The quantitative estimate of drug-likeness (QED) is 0.813. The molecule has 1 aliphatic heterocycles. The van der Waals surface area contributed by atoms with Gasteiger partial charge in [-0.2, -0.15) is 0 Å². The van der Waals surface area contributed by atoms with E-state index in [0.29, 0.717) is 23.8 Å². The van der Waals surface area contributed by atoms with Crippen molar-refractivity contribution in [1.82, 2.24) is 5.32 Å². The lowest BCUT2D eigenvalue weighted by Crippen LogP contribution is -2.22. The molecule has 0 radical (unpaired) electrons. The van der Waals surface area contributed by atoms with Crippen LogP contribution in [0.15, 0.2) is 10.5 Å². The van der Waals surface area contributed by atoms with Crippen molar-refractivity contribution in [2.75, 3.05) is 19.8 Å². The summed E-state index contributed by atoms with van der Waals surface area (Å²) in [7, 11) is 0. The Balaban J connectivity index is 1.82. The monoisotopic (exact) mass is 239 g/mol. The summed E-state index contributed by atoms with van der Waals surface area (Å²) in [5.41, 5.74) is 0.665. The molecule has 94 valence electrons. The van der Waals surface area contributed by atoms with Crippen LogP contribution in [0.2, 0.25) is 0 Å². The lowest BCUT2D eigenvalue weighted by molar-refractivity contribution is 0.0659. The lowest BCUT2D eigenvalue weighted by Gasteiger charge is -2.07. The zero-order chi connectivity index (χ0) is 12.3. The molecule has 1 aromatic rings. The molecule has 1 unspecified atom stereocenters. The fourth-order valence-corrected chi connectivity index (χ4v) is 1.99. The first-order valence-corrected chi connectivity index (χ1v) is 5.78. The predicted molar refractivity (Wildman–Crippen MR) is 61.0 cm³/mol. The number of carboxylic acid groups (broad SMARTS) is 1. The van der Waals surface area contributed by atoms with Crippen LogP contribution in [-0.4, -0.2) is 30.8 Å². The van der Waals surface area contributed by atoms with E-state index in [1.54, 1.807) is 13.0 Å². The van der Waals surface area contributed by atoms with E-state index < -0.39 is 5.97 Å². The number of aromatic carboxylic acids is 1. The van der Waals surface area contributed by atoms with E-state index in [2.05, 4.69) is 5.32 Å². The van der Waals surface area contributed by atoms with Gasteiger partial charge >= 0.3 is 5.97 Å². The summed E-state index contributed by atoms with van der Waals surface area (Å²) in [6.45, 7) is 4.83. The number of rotatable bonds is 5. The first-order chi connectivity index (χ1) is 8.16. The molecule has 5 nitrogen and oxygen atoms in total. The van der Waals surface area contributed by atoms with E-state index in [1.165, 1.54) is 0 Å². The van der Waals surface area contributed by atoms with Crippen LogP contribution < -0.4 is 5.32 Å². The second-order valence-electron chi connectivity index (χ2n) is 4.39. The average Bonchev–Trinajstić information content (AvgIpc) is 2.88. The van der Waals surface area contributed by atoms with Crippen LogP contribution in [-0.2, 0) is 11.3 Å². The van der Waals surface area contributed by atoms with Gasteiger partial charge in [-0.3, -0.25) is 0 Å². The molecule has 1 atom stereocenters. The zero-order valence-electron chi connectivity index (χ0n) is 9.86. The molecule has 0 aliphatic carbocycles. The highest BCUT2D eigenvalue weighted by Gasteiger charge is 2.16.